The second kappa shape index (κ2) is 9.83. The minimum Gasteiger partial charge on any atom is -0.471 e. The van der Waals surface area contributed by atoms with Gasteiger partial charge >= 0.3 is 0 Å². The van der Waals surface area contributed by atoms with Crippen molar-refractivity contribution in [2.45, 2.75) is 13.3 Å². The first kappa shape index (κ1) is 22.5. The summed E-state index contributed by atoms with van der Waals surface area (Å²) in [6.07, 6.45) is 3.24. The van der Waals surface area contributed by atoms with Gasteiger partial charge in [0.05, 0.1) is 16.6 Å². The average molecular weight is 511 g/mol. The highest BCUT2D eigenvalue weighted by atomic mass is 35.5. The van der Waals surface area contributed by atoms with Crippen LogP contribution in [0.5, 0.6) is 5.75 Å². The van der Waals surface area contributed by atoms with Crippen LogP contribution in [0, 0.1) is 0 Å². The molecule has 0 unspecified atom stereocenters. The summed E-state index contributed by atoms with van der Waals surface area (Å²) in [5.74, 6) is 0.368. The third kappa shape index (κ3) is 5.55. The zero-order valence-electron chi connectivity index (χ0n) is 16.3. The molecule has 0 radical (unpaired) electrons. The number of hydrogen-bond acceptors (Lipinski definition) is 4. The number of anilines is 1. The third-order valence-electron chi connectivity index (χ3n) is 4.31. The fraction of sp³-hybridized carbons (Fsp3) is 0.0952. The molecule has 1 N–H and O–H groups in total. The number of halogens is 4. The van der Waals surface area contributed by atoms with Crippen molar-refractivity contribution in [3.63, 3.8) is 0 Å². The second-order valence-electron chi connectivity index (χ2n) is 6.70. The predicted octanol–water partition coefficient (Wildman–Crippen LogP) is 6.03. The summed E-state index contributed by atoms with van der Waals surface area (Å²) in [5, 5.41) is 13.0. The molecular formula is C21H15Cl4N5O2. The molecule has 0 saturated carbocycles. The van der Waals surface area contributed by atoms with E-state index >= 15 is 0 Å². The third-order valence-corrected chi connectivity index (χ3v) is 5.56. The second-order valence-corrected chi connectivity index (χ2v) is 8.36. The fourth-order valence-electron chi connectivity index (χ4n) is 2.81. The van der Waals surface area contributed by atoms with Crippen LogP contribution in [0.2, 0.25) is 20.1 Å². The molecule has 1 amide bonds. The summed E-state index contributed by atoms with van der Waals surface area (Å²) in [6, 6.07) is 13.9. The van der Waals surface area contributed by atoms with Gasteiger partial charge in [0.25, 0.3) is 5.91 Å². The predicted molar refractivity (Wildman–Crippen MR) is 125 cm³/mol. The average Bonchev–Trinajstić information content (AvgIpc) is 3.36. The number of nitrogens with zero attached hydrogens (tertiary/aromatic N) is 4. The maximum Gasteiger partial charge on any atom is 0.277 e. The number of ether oxygens (including phenoxy) is 1. The summed E-state index contributed by atoms with van der Waals surface area (Å²) >= 11 is 24.2. The molecule has 0 saturated heterocycles. The molecule has 4 rings (SSSR count). The normalized spacial score (nSPS) is 10.9. The highest BCUT2D eigenvalue weighted by Crippen LogP contribution is 2.25. The summed E-state index contributed by atoms with van der Waals surface area (Å²) < 4.78 is 8.69. The number of amides is 1. The lowest BCUT2D eigenvalue weighted by Crippen LogP contribution is -2.15. The maximum absolute atomic E-state index is 12.6. The van der Waals surface area contributed by atoms with E-state index in [1.165, 1.54) is 4.68 Å². The van der Waals surface area contributed by atoms with Crippen molar-refractivity contribution < 1.29 is 9.53 Å². The molecule has 2 aromatic carbocycles. The molecule has 0 atom stereocenters. The van der Waals surface area contributed by atoms with Crippen molar-refractivity contribution in [1.82, 2.24) is 19.6 Å². The van der Waals surface area contributed by atoms with Crippen molar-refractivity contribution in [3.05, 3.63) is 92.3 Å². The largest absolute Gasteiger partial charge is 0.471 e. The van der Waals surface area contributed by atoms with E-state index in [1.54, 1.807) is 59.5 Å². The van der Waals surface area contributed by atoms with E-state index in [9.17, 15) is 4.79 Å². The van der Waals surface area contributed by atoms with Gasteiger partial charge in [-0.25, -0.2) is 4.68 Å². The summed E-state index contributed by atoms with van der Waals surface area (Å²) in [7, 11) is 0. The molecule has 0 fully saturated rings. The number of carbonyl (C=O) groups is 1. The first-order valence-corrected chi connectivity index (χ1v) is 10.8. The molecule has 0 aliphatic heterocycles. The van der Waals surface area contributed by atoms with Crippen LogP contribution in [0.1, 0.15) is 16.1 Å². The molecular weight excluding hydrogens is 496 g/mol. The van der Waals surface area contributed by atoms with Gasteiger partial charge in [-0.1, -0.05) is 58.5 Å². The van der Waals surface area contributed by atoms with Gasteiger partial charge in [0.2, 0.25) is 0 Å². The van der Waals surface area contributed by atoms with E-state index in [0.29, 0.717) is 32.4 Å². The molecule has 0 aliphatic carbocycles. The van der Waals surface area contributed by atoms with E-state index in [1.807, 2.05) is 6.07 Å². The standard InChI is InChI=1S/C21H15Cl4N5O2/c22-14-2-1-3-15(9-14)32-12-29-7-6-19(27-29)21(31)26-20-18(25)11-30(28-20)10-13-4-5-16(23)17(24)8-13/h1-9,11H,10,12H2,(H,26,28,31). The zero-order valence-corrected chi connectivity index (χ0v) is 19.3. The lowest BCUT2D eigenvalue weighted by molar-refractivity contribution is 0.101. The van der Waals surface area contributed by atoms with E-state index in [2.05, 4.69) is 15.5 Å². The van der Waals surface area contributed by atoms with Crippen molar-refractivity contribution in [2.75, 3.05) is 5.32 Å². The van der Waals surface area contributed by atoms with Crippen molar-refractivity contribution >= 4 is 58.1 Å². The number of aromatic nitrogens is 4. The highest BCUT2D eigenvalue weighted by Gasteiger charge is 2.15. The van der Waals surface area contributed by atoms with Gasteiger partial charge in [-0.2, -0.15) is 10.2 Å². The minimum absolute atomic E-state index is 0.118. The number of nitrogens with one attached hydrogen (secondary N) is 1. The molecule has 7 nitrogen and oxygen atoms in total. The van der Waals surface area contributed by atoms with Crippen LogP contribution in [0.3, 0.4) is 0 Å². The maximum atomic E-state index is 12.6. The minimum atomic E-state index is -0.451. The Morgan fingerprint density at radius 3 is 2.56 bits per heavy atom. The molecule has 2 aromatic heterocycles. The van der Waals surface area contributed by atoms with Crippen LogP contribution >= 0.6 is 46.4 Å². The van der Waals surface area contributed by atoms with Gasteiger partial charge in [0.15, 0.2) is 18.2 Å². The van der Waals surface area contributed by atoms with Crippen LogP contribution in [0.15, 0.2) is 60.9 Å². The van der Waals surface area contributed by atoms with Crippen LogP contribution in [-0.4, -0.2) is 25.5 Å². The Morgan fingerprint density at radius 1 is 0.938 bits per heavy atom. The van der Waals surface area contributed by atoms with Crippen molar-refractivity contribution in [3.8, 4) is 5.75 Å². The molecule has 2 heterocycles. The van der Waals surface area contributed by atoms with Crippen LogP contribution in [0.4, 0.5) is 5.82 Å². The first-order chi connectivity index (χ1) is 15.4. The first-order valence-electron chi connectivity index (χ1n) is 9.27. The number of benzene rings is 2. The molecule has 32 heavy (non-hydrogen) atoms. The lowest BCUT2D eigenvalue weighted by atomic mass is 10.2. The monoisotopic (exact) mass is 509 g/mol. The molecule has 4 aromatic rings. The van der Waals surface area contributed by atoms with Crippen molar-refractivity contribution in [2.24, 2.45) is 0 Å². The van der Waals surface area contributed by atoms with Crippen LogP contribution in [-0.2, 0) is 13.3 Å². The SMILES string of the molecule is O=C(Nc1nn(Cc2ccc(Cl)c(Cl)c2)cc1Cl)c1ccn(COc2cccc(Cl)c2)n1. The summed E-state index contributed by atoms with van der Waals surface area (Å²) in [6.45, 7) is 0.522. The Bertz CT molecular complexity index is 1270. The van der Waals surface area contributed by atoms with Gasteiger partial charge < -0.3 is 10.1 Å². The van der Waals surface area contributed by atoms with E-state index in [-0.39, 0.29) is 18.2 Å². The summed E-state index contributed by atoms with van der Waals surface area (Å²) in [5.41, 5.74) is 1.07. The topological polar surface area (TPSA) is 74.0 Å². The number of carbonyl (C=O) groups excluding carboxylic acids is 1. The Morgan fingerprint density at radius 2 is 1.78 bits per heavy atom. The zero-order chi connectivity index (χ0) is 22.7. The van der Waals surface area contributed by atoms with Gasteiger partial charge in [-0.15, -0.1) is 0 Å². The van der Waals surface area contributed by atoms with Gasteiger partial charge in [0.1, 0.15) is 10.8 Å². The molecule has 164 valence electrons. The smallest absolute Gasteiger partial charge is 0.277 e. The quantitative estimate of drug-likeness (QED) is 0.329. The van der Waals surface area contributed by atoms with Crippen LogP contribution in [0.25, 0.3) is 0 Å². The molecule has 11 heteroatoms. The fourth-order valence-corrected chi connectivity index (χ4v) is 3.51. The number of rotatable bonds is 7. The van der Waals surface area contributed by atoms with E-state index < -0.39 is 5.91 Å². The van der Waals surface area contributed by atoms with Crippen LogP contribution < -0.4 is 10.1 Å². The Hall–Kier alpha value is -2.71. The lowest BCUT2D eigenvalue weighted by Gasteiger charge is -2.06. The number of hydrogen-bond donors (Lipinski definition) is 1. The Labute approximate surface area is 203 Å². The molecule has 0 aliphatic rings. The van der Waals surface area contributed by atoms with Gasteiger partial charge in [0, 0.05) is 17.4 Å². The summed E-state index contributed by atoms with van der Waals surface area (Å²) in [4.78, 5) is 12.6. The Kier molecular flexibility index (Phi) is 6.91. The molecule has 0 bridgehead atoms. The highest BCUT2D eigenvalue weighted by molar-refractivity contribution is 6.42. The van der Waals surface area contributed by atoms with Gasteiger partial charge in [-0.3, -0.25) is 9.48 Å². The van der Waals surface area contributed by atoms with E-state index in [4.69, 9.17) is 51.1 Å². The van der Waals surface area contributed by atoms with Crippen molar-refractivity contribution in [1.29, 1.82) is 0 Å². The Balaban J connectivity index is 1.38. The molecule has 0 spiro atoms. The van der Waals surface area contributed by atoms with Gasteiger partial charge in [-0.05, 0) is 42.0 Å². The van der Waals surface area contributed by atoms with E-state index in [0.717, 1.165) is 5.56 Å².